The molecule has 0 spiro atoms. The van der Waals surface area contributed by atoms with Crippen LogP contribution in [0.25, 0.3) is 0 Å². The Bertz CT molecular complexity index is 339. The maximum atomic E-state index is 11.7. The summed E-state index contributed by atoms with van der Waals surface area (Å²) in [6.45, 7) is 6.33. The zero-order chi connectivity index (χ0) is 13.1. The van der Waals surface area contributed by atoms with Gasteiger partial charge in [0.1, 0.15) is 11.5 Å². The van der Waals surface area contributed by atoms with Gasteiger partial charge in [0.2, 0.25) is 0 Å². The second kappa shape index (κ2) is 5.68. The van der Waals surface area contributed by atoms with Crippen LogP contribution in [0.5, 0.6) is 0 Å². The fourth-order valence-electron chi connectivity index (χ4n) is 1.52. The van der Waals surface area contributed by atoms with Crippen LogP contribution < -0.4 is 0 Å². The summed E-state index contributed by atoms with van der Waals surface area (Å²) in [5, 5.41) is 0. The molecule has 7 heteroatoms. The first-order chi connectivity index (χ1) is 7.78. The molecule has 100 valence electrons. The highest BCUT2D eigenvalue weighted by atomic mass is 32.2. The molecular weight excluding hydrogens is 246 g/mol. The van der Waals surface area contributed by atoms with Crippen molar-refractivity contribution in [2.24, 2.45) is 0 Å². The first-order valence-electron chi connectivity index (χ1n) is 5.49. The Labute approximate surface area is 103 Å². The Hall–Kier alpha value is -0.820. The molecule has 0 bridgehead atoms. The topological polar surface area (TPSA) is 72.9 Å². The quantitative estimate of drug-likeness (QED) is 0.756. The van der Waals surface area contributed by atoms with Gasteiger partial charge in [0.15, 0.2) is 10.7 Å². The Morgan fingerprint density at radius 3 is 2.59 bits per heavy atom. The van der Waals surface area contributed by atoms with E-state index in [1.54, 1.807) is 20.8 Å². The normalized spacial score (nSPS) is 20.9. The molecule has 1 saturated heterocycles. The van der Waals surface area contributed by atoms with E-state index in [1.807, 2.05) is 0 Å². The number of carbonyl (C=O) groups excluding carboxylic acids is 1. The van der Waals surface area contributed by atoms with Crippen molar-refractivity contribution >= 4 is 16.8 Å². The SMILES string of the molecule is CC(C)(C)OC(=O)N1CCC(OC[SH](=O)=O)C1. The van der Waals surface area contributed by atoms with Gasteiger partial charge in [0, 0.05) is 6.54 Å². The summed E-state index contributed by atoms with van der Waals surface area (Å²) in [6, 6.07) is 0. The molecule has 1 amide bonds. The van der Waals surface area contributed by atoms with Gasteiger partial charge in [-0.1, -0.05) is 0 Å². The van der Waals surface area contributed by atoms with Crippen molar-refractivity contribution in [3.05, 3.63) is 0 Å². The Balaban J connectivity index is 2.37. The van der Waals surface area contributed by atoms with Crippen LogP contribution in [0.2, 0.25) is 0 Å². The van der Waals surface area contributed by atoms with Crippen LogP contribution in [-0.4, -0.2) is 50.1 Å². The first-order valence-corrected chi connectivity index (χ1v) is 6.85. The van der Waals surface area contributed by atoms with Gasteiger partial charge >= 0.3 is 6.09 Å². The van der Waals surface area contributed by atoms with E-state index in [-0.39, 0.29) is 18.1 Å². The summed E-state index contributed by atoms with van der Waals surface area (Å²) >= 11 is 0. The van der Waals surface area contributed by atoms with E-state index in [2.05, 4.69) is 0 Å². The number of nitrogens with zero attached hydrogens (tertiary/aromatic N) is 1. The molecule has 1 atom stereocenters. The van der Waals surface area contributed by atoms with Gasteiger partial charge in [-0.2, -0.15) is 0 Å². The number of ether oxygens (including phenoxy) is 2. The van der Waals surface area contributed by atoms with Gasteiger partial charge < -0.3 is 14.4 Å². The third-order valence-electron chi connectivity index (χ3n) is 2.21. The summed E-state index contributed by atoms with van der Waals surface area (Å²) < 4.78 is 31.1. The fourth-order valence-corrected chi connectivity index (χ4v) is 1.86. The summed E-state index contributed by atoms with van der Waals surface area (Å²) in [5.74, 6) is -0.290. The van der Waals surface area contributed by atoms with E-state index in [4.69, 9.17) is 9.47 Å². The average molecular weight is 265 g/mol. The van der Waals surface area contributed by atoms with Crippen LogP contribution in [0.4, 0.5) is 4.79 Å². The fraction of sp³-hybridized carbons (Fsp3) is 0.900. The second-order valence-corrected chi connectivity index (χ2v) is 5.89. The number of amides is 1. The molecule has 0 radical (unpaired) electrons. The Morgan fingerprint density at radius 2 is 2.06 bits per heavy atom. The molecule has 1 aliphatic heterocycles. The highest BCUT2D eigenvalue weighted by Crippen LogP contribution is 2.16. The standard InChI is InChI=1S/C10H19NO5S/c1-10(2,3)16-9(12)11-5-4-8(6-11)15-7-17(13)14/h8,17H,4-7H2,1-3H3. The lowest BCUT2D eigenvalue weighted by Crippen LogP contribution is -2.36. The number of rotatable bonds is 3. The molecule has 1 unspecified atom stereocenters. The van der Waals surface area contributed by atoms with Crippen molar-refractivity contribution in [2.75, 3.05) is 19.0 Å². The maximum absolute atomic E-state index is 11.7. The number of carbonyl (C=O) groups is 1. The van der Waals surface area contributed by atoms with Gasteiger partial charge in [0.25, 0.3) is 0 Å². The zero-order valence-corrected chi connectivity index (χ0v) is 11.2. The van der Waals surface area contributed by atoms with Crippen molar-refractivity contribution in [3.8, 4) is 0 Å². The van der Waals surface area contributed by atoms with E-state index in [0.29, 0.717) is 19.5 Å². The van der Waals surface area contributed by atoms with Crippen molar-refractivity contribution < 1.29 is 22.7 Å². The predicted octanol–water partition coefficient (Wildman–Crippen LogP) is 0.581. The molecule has 1 heterocycles. The lowest BCUT2D eigenvalue weighted by Gasteiger charge is -2.24. The van der Waals surface area contributed by atoms with Gasteiger partial charge in [0.05, 0.1) is 12.6 Å². The summed E-state index contributed by atoms with van der Waals surface area (Å²) in [4.78, 5) is 13.2. The van der Waals surface area contributed by atoms with E-state index in [0.717, 1.165) is 0 Å². The third-order valence-corrected chi connectivity index (χ3v) is 2.57. The Morgan fingerprint density at radius 1 is 1.41 bits per heavy atom. The van der Waals surface area contributed by atoms with E-state index in [1.165, 1.54) is 4.90 Å². The molecule has 0 N–H and O–H groups in total. The molecule has 0 aliphatic carbocycles. The zero-order valence-electron chi connectivity index (χ0n) is 10.3. The summed E-state index contributed by atoms with van der Waals surface area (Å²) in [6.07, 6.45) is 0.0492. The van der Waals surface area contributed by atoms with Gasteiger partial charge in [-0.3, -0.25) is 0 Å². The first kappa shape index (κ1) is 14.2. The van der Waals surface area contributed by atoms with Crippen molar-refractivity contribution in [2.45, 2.75) is 38.9 Å². The highest BCUT2D eigenvalue weighted by molar-refractivity contribution is 7.72. The summed E-state index contributed by atoms with van der Waals surface area (Å²) in [7, 11) is -2.53. The van der Waals surface area contributed by atoms with Crippen LogP contribution >= 0.6 is 0 Å². The minimum Gasteiger partial charge on any atom is -0.444 e. The molecule has 0 aromatic rings. The van der Waals surface area contributed by atoms with Crippen LogP contribution in [-0.2, 0) is 20.2 Å². The van der Waals surface area contributed by atoms with Crippen molar-refractivity contribution in [1.29, 1.82) is 0 Å². The molecule has 0 aromatic heterocycles. The third kappa shape index (κ3) is 5.36. The van der Waals surface area contributed by atoms with Crippen LogP contribution in [0.1, 0.15) is 27.2 Å². The van der Waals surface area contributed by atoms with Crippen molar-refractivity contribution in [1.82, 2.24) is 4.90 Å². The van der Waals surface area contributed by atoms with Crippen LogP contribution in [0.3, 0.4) is 0 Å². The predicted molar refractivity (Wildman–Crippen MR) is 62.5 cm³/mol. The average Bonchev–Trinajstić information content (AvgIpc) is 2.60. The maximum Gasteiger partial charge on any atom is 0.410 e. The molecule has 1 aliphatic rings. The molecule has 17 heavy (non-hydrogen) atoms. The number of likely N-dealkylation sites (tertiary alicyclic amines) is 1. The highest BCUT2D eigenvalue weighted by Gasteiger charge is 2.30. The van der Waals surface area contributed by atoms with Gasteiger partial charge in [-0.05, 0) is 27.2 Å². The number of thiol groups is 1. The number of hydrogen-bond donors (Lipinski definition) is 1. The van der Waals surface area contributed by atoms with Gasteiger partial charge in [-0.25, -0.2) is 13.2 Å². The molecule has 1 rings (SSSR count). The Kier molecular flexibility index (Phi) is 4.76. The van der Waals surface area contributed by atoms with E-state index < -0.39 is 16.3 Å². The monoisotopic (exact) mass is 265 g/mol. The minimum absolute atomic E-state index is 0.213. The van der Waals surface area contributed by atoms with Crippen LogP contribution in [0, 0.1) is 0 Å². The largest absolute Gasteiger partial charge is 0.444 e. The molecule has 1 fully saturated rings. The second-order valence-electron chi connectivity index (χ2n) is 4.97. The molecule has 6 nitrogen and oxygen atoms in total. The minimum atomic E-state index is -2.53. The van der Waals surface area contributed by atoms with E-state index in [9.17, 15) is 13.2 Å². The smallest absolute Gasteiger partial charge is 0.410 e. The summed E-state index contributed by atoms with van der Waals surface area (Å²) in [5.41, 5.74) is -0.519. The lowest BCUT2D eigenvalue weighted by molar-refractivity contribution is 0.0245. The molecule has 0 saturated carbocycles. The van der Waals surface area contributed by atoms with E-state index >= 15 is 0 Å². The molecule has 0 aromatic carbocycles. The lowest BCUT2D eigenvalue weighted by atomic mass is 10.2. The number of hydrogen-bond acceptors (Lipinski definition) is 5. The molecular formula is C10H19NO5S. The van der Waals surface area contributed by atoms with Gasteiger partial charge in [-0.15, -0.1) is 0 Å². The van der Waals surface area contributed by atoms with Crippen LogP contribution in [0.15, 0.2) is 0 Å². The van der Waals surface area contributed by atoms with Crippen molar-refractivity contribution in [3.63, 3.8) is 0 Å².